The van der Waals surface area contributed by atoms with Crippen LogP contribution >= 0.6 is 0 Å². The average Bonchev–Trinajstić information content (AvgIpc) is 1.80. The van der Waals surface area contributed by atoms with Gasteiger partial charge in [0.05, 0.1) is 12.3 Å². The molecule has 0 aromatic carbocycles. The molecule has 0 spiro atoms. The number of hydrogen-bond donors (Lipinski definition) is 1. The molecule has 0 fully saturated rings. The van der Waals surface area contributed by atoms with Gasteiger partial charge in [-0.1, -0.05) is 0 Å². The highest BCUT2D eigenvalue weighted by Gasteiger charge is 2.07. The molecule has 0 aliphatic rings. The van der Waals surface area contributed by atoms with Crippen LogP contribution in [-0.2, 0) is 14.6 Å². The van der Waals surface area contributed by atoms with Crippen LogP contribution in [0.15, 0.2) is 0 Å². The Hall–Kier alpha value is -0.620. The van der Waals surface area contributed by atoms with Crippen molar-refractivity contribution in [2.75, 3.05) is 32.1 Å². The van der Waals surface area contributed by atoms with Crippen molar-refractivity contribution in [3.8, 4) is 0 Å². The van der Waals surface area contributed by atoms with E-state index in [4.69, 9.17) is 5.11 Å². The van der Waals surface area contributed by atoms with Crippen LogP contribution in [0.5, 0.6) is 0 Å². The van der Waals surface area contributed by atoms with Crippen LogP contribution < -0.4 is 0 Å². The molecule has 0 atom stereocenters. The fourth-order valence-corrected chi connectivity index (χ4v) is 1.27. The topological polar surface area (TPSA) is 74.7 Å². The van der Waals surface area contributed by atoms with Gasteiger partial charge in [-0.05, 0) is 7.05 Å². The third kappa shape index (κ3) is 7.49. The highest BCUT2D eigenvalue weighted by molar-refractivity contribution is 7.90. The maximum Gasteiger partial charge on any atom is 0.317 e. The molecule has 0 saturated carbocycles. The molecule has 0 heterocycles. The molecule has 0 radical (unpaired) electrons. The first kappa shape index (κ1) is 11.4. The highest BCUT2D eigenvalue weighted by Crippen LogP contribution is 1.87. The zero-order valence-electron chi connectivity index (χ0n) is 7.15. The van der Waals surface area contributed by atoms with Crippen LogP contribution in [0.2, 0.25) is 0 Å². The number of likely N-dealkylation sites (N-methyl/N-ethyl adjacent to an activating group) is 1. The van der Waals surface area contributed by atoms with Crippen LogP contribution in [0.25, 0.3) is 0 Å². The summed E-state index contributed by atoms with van der Waals surface area (Å²) in [7, 11) is -1.42. The van der Waals surface area contributed by atoms with Gasteiger partial charge in [0.25, 0.3) is 0 Å². The lowest BCUT2D eigenvalue weighted by atomic mass is 10.5. The van der Waals surface area contributed by atoms with Crippen LogP contribution in [0.4, 0.5) is 0 Å². The third-order valence-electron chi connectivity index (χ3n) is 1.25. The zero-order valence-corrected chi connectivity index (χ0v) is 7.97. The summed E-state index contributed by atoms with van der Waals surface area (Å²) >= 11 is 0. The maximum atomic E-state index is 10.6. The Kier molecular flexibility index (Phi) is 4.19. The SMILES string of the molecule is CN(CCS(C)(=O)=O)CC(=O)O. The molecule has 5 nitrogen and oxygen atoms in total. The largest absolute Gasteiger partial charge is 0.480 e. The van der Waals surface area contributed by atoms with E-state index in [-0.39, 0.29) is 18.8 Å². The van der Waals surface area contributed by atoms with Crippen LogP contribution in [0.1, 0.15) is 0 Å². The summed E-state index contributed by atoms with van der Waals surface area (Å²) in [6, 6.07) is 0. The number of carboxylic acids is 1. The summed E-state index contributed by atoms with van der Waals surface area (Å²) in [5.41, 5.74) is 0. The summed E-state index contributed by atoms with van der Waals surface area (Å²) in [5.74, 6) is -0.956. The summed E-state index contributed by atoms with van der Waals surface area (Å²) in [6.07, 6.45) is 1.13. The standard InChI is InChI=1S/C6H13NO4S/c1-7(5-6(8)9)3-4-12(2,10)11/h3-5H2,1-2H3,(H,8,9). The fraction of sp³-hybridized carbons (Fsp3) is 0.833. The van der Waals surface area contributed by atoms with Crippen molar-refractivity contribution < 1.29 is 18.3 Å². The molecular weight excluding hydrogens is 182 g/mol. The number of nitrogens with zero attached hydrogens (tertiary/aromatic N) is 1. The molecule has 72 valence electrons. The van der Waals surface area contributed by atoms with E-state index in [1.54, 1.807) is 7.05 Å². The lowest BCUT2D eigenvalue weighted by Crippen LogP contribution is -2.30. The minimum absolute atomic E-state index is 0.00319. The lowest BCUT2D eigenvalue weighted by Gasteiger charge is -2.12. The normalized spacial score (nSPS) is 11.9. The average molecular weight is 195 g/mol. The Morgan fingerprint density at radius 1 is 1.50 bits per heavy atom. The van der Waals surface area contributed by atoms with Gasteiger partial charge in [-0.25, -0.2) is 8.42 Å². The van der Waals surface area contributed by atoms with Crippen LogP contribution in [0, 0.1) is 0 Å². The molecule has 1 N–H and O–H groups in total. The highest BCUT2D eigenvalue weighted by atomic mass is 32.2. The summed E-state index contributed by atoms with van der Waals surface area (Å²) < 4.78 is 21.3. The van der Waals surface area contributed by atoms with Gasteiger partial charge in [0.1, 0.15) is 9.84 Å². The predicted molar refractivity (Wildman–Crippen MR) is 44.8 cm³/mol. The lowest BCUT2D eigenvalue weighted by molar-refractivity contribution is -0.137. The number of carboxylic acid groups (broad SMARTS) is 1. The van der Waals surface area contributed by atoms with Gasteiger partial charge in [-0.15, -0.1) is 0 Å². The second-order valence-electron chi connectivity index (χ2n) is 2.76. The predicted octanol–water partition coefficient (Wildman–Crippen LogP) is -0.953. The molecule has 6 heteroatoms. The number of aliphatic carboxylic acids is 1. The van der Waals surface area contributed by atoms with Gasteiger partial charge in [0.15, 0.2) is 0 Å². The zero-order chi connectivity index (χ0) is 9.78. The van der Waals surface area contributed by atoms with Crippen molar-refractivity contribution in [2.45, 2.75) is 0 Å². The van der Waals surface area contributed by atoms with E-state index in [2.05, 4.69) is 0 Å². The monoisotopic (exact) mass is 195 g/mol. The maximum absolute atomic E-state index is 10.6. The fourth-order valence-electron chi connectivity index (χ4n) is 0.632. The van der Waals surface area contributed by atoms with E-state index in [0.717, 1.165) is 6.26 Å². The number of sulfone groups is 1. The Morgan fingerprint density at radius 2 is 2.00 bits per heavy atom. The van der Waals surface area contributed by atoms with Gasteiger partial charge in [0, 0.05) is 12.8 Å². The smallest absolute Gasteiger partial charge is 0.317 e. The molecule has 0 aliphatic heterocycles. The Morgan fingerprint density at radius 3 is 2.33 bits per heavy atom. The van der Waals surface area contributed by atoms with Crippen molar-refractivity contribution in [3.05, 3.63) is 0 Å². The molecule has 12 heavy (non-hydrogen) atoms. The number of hydrogen-bond acceptors (Lipinski definition) is 4. The van der Waals surface area contributed by atoms with Crippen LogP contribution in [-0.4, -0.2) is 56.5 Å². The van der Waals surface area contributed by atoms with E-state index >= 15 is 0 Å². The van der Waals surface area contributed by atoms with Gasteiger partial charge in [0.2, 0.25) is 0 Å². The Labute approximate surface area is 71.9 Å². The van der Waals surface area contributed by atoms with Crippen molar-refractivity contribution in [1.82, 2.24) is 4.90 Å². The van der Waals surface area contributed by atoms with Crippen molar-refractivity contribution >= 4 is 15.8 Å². The number of rotatable bonds is 5. The van der Waals surface area contributed by atoms with Crippen molar-refractivity contribution in [3.63, 3.8) is 0 Å². The minimum Gasteiger partial charge on any atom is -0.480 e. The summed E-state index contributed by atoms with van der Waals surface area (Å²) in [6.45, 7) is 0.126. The van der Waals surface area contributed by atoms with E-state index in [1.165, 1.54) is 4.90 Å². The molecular formula is C6H13NO4S. The molecule has 0 aromatic heterocycles. The first-order valence-electron chi connectivity index (χ1n) is 3.39. The summed E-state index contributed by atoms with van der Waals surface area (Å²) in [5, 5.41) is 8.32. The second kappa shape index (κ2) is 4.42. The molecule has 0 aliphatic carbocycles. The van der Waals surface area contributed by atoms with E-state index in [0.29, 0.717) is 0 Å². The quantitative estimate of drug-likeness (QED) is 0.612. The Bertz CT molecular complexity index is 246. The first-order chi connectivity index (χ1) is 5.31. The second-order valence-corrected chi connectivity index (χ2v) is 5.02. The Balaban J connectivity index is 3.72. The molecule has 0 rings (SSSR count). The van der Waals surface area contributed by atoms with Crippen molar-refractivity contribution in [2.24, 2.45) is 0 Å². The minimum atomic E-state index is -2.99. The van der Waals surface area contributed by atoms with Gasteiger partial charge < -0.3 is 5.11 Å². The molecule has 0 aromatic rings. The molecule has 0 amide bonds. The van der Waals surface area contributed by atoms with Gasteiger partial charge >= 0.3 is 5.97 Å². The first-order valence-corrected chi connectivity index (χ1v) is 5.45. The molecule has 0 unspecified atom stereocenters. The number of carbonyl (C=O) groups is 1. The van der Waals surface area contributed by atoms with Crippen molar-refractivity contribution in [1.29, 1.82) is 0 Å². The van der Waals surface area contributed by atoms with Crippen LogP contribution in [0.3, 0.4) is 0 Å². The van der Waals surface area contributed by atoms with E-state index in [1.807, 2.05) is 0 Å². The molecule has 0 bridgehead atoms. The van der Waals surface area contributed by atoms with Gasteiger partial charge in [-0.2, -0.15) is 0 Å². The van der Waals surface area contributed by atoms with Gasteiger partial charge in [-0.3, -0.25) is 9.69 Å². The third-order valence-corrected chi connectivity index (χ3v) is 2.17. The molecule has 0 saturated heterocycles. The summed E-state index contributed by atoms with van der Waals surface area (Å²) in [4.78, 5) is 11.6. The van der Waals surface area contributed by atoms with E-state index < -0.39 is 15.8 Å². The van der Waals surface area contributed by atoms with E-state index in [9.17, 15) is 13.2 Å².